The zero-order chi connectivity index (χ0) is 25.9. The number of hydrogen-bond acceptors (Lipinski definition) is 6. The summed E-state index contributed by atoms with van der Waals surface area (Å²) in [5.74, 6) is -0.155. The van der Waals surface area contributed by atoms with E-state index in [0.29, 0.717) is 35.8 Å². The van der Waals surface area contributed by atoms with Gasteiger partial charge in [-0.3, -0.25) is 9.69 Å². The van der Waals surface area contributed by atoms with Crippen molar-refractivity contribution in [1.29, 1.82) is 0 Å². The van der Waals surface area contributed by atoms with Gasteiger partial charge < -0.3 is 20.3 Å². The molecule has 2 aromatic carbocycles. The number of anilines is 1. The zero-order valence-corrected chi connectivity index (χ0v) is 21.8. The molecule has 2 N–H and O–H groups in total. The smallest absolute Gasteiger partial charge is 0.411 e. The van der Waals surface area contributed by atoms with Gasteiger partial charge in [0.1, 0.15) is 6.17 Å². The molecule has 8 nitrogen and oxygen atoms in total. The average Bonchev–Trinajstić information content (AvgIpc) is 3.46. The van der Waals surface area contributed by atoms with E-state index in [1.54, 1.807) is 17.0 Å². The van der Waals surface area contributed by atoms with E-state index in [-0.39, 0.29) is 12.5 Å². The number of piperazine rings is 1. The Morgan fingerprint density at radius 2 is 1.81 bits per heavy atom. The molecule has 0 spiro atoms. The SMILES string of the molecule is CCCOC(=O)N1CCN(C(=O)c2ccc3c(Cl)cc(-c4ccc(N5CCCC5)cc4)nc3c2)C[C@H]1N. The van der Waals surface area contributed by atoms with Gasteiger partial charge in [0.05, 0.1) is 29.4 Å². The summed E-state index contributed by atoms with van der Waals surface area (Å²) in [5, 5.41) is 1.37. The fraction of sp³-hybridized carbons (Fsp3) is 0.393. The molecule has 0 bridgehead atoms. The first-order valence-electron chi connectivity index (χ1n) is 12.9. The molecular formula is C28H32ClN5O3. The van der Waals surface area contributed by atoms with Crippen LogP contribution in [0.3, 0.4) is 0 Å². The van der Waals surface area contributed by atoms with Crippen LogP contribution < -0.4 is 10.6 Å². The van der Waals surface area contributed by atoms with Gasteiger partial charge in [0, 0.05) is 48.4 Å². The minimum absolute atomic E-state index is 0.155. The standard InChI is InChI=1S/C28H32ClN5O3/c1-2-15-37-28(36)34-14-13-33(18-26(34)30)27(35)20-7-10-22-23(29)17-24(31-25(22)16-20)19-5-8-21(9-6-19)32-11-3-4-12-32/h5-10,16-17,26H,2-4,11-15,18,30H2,1H3/t26-/m0/s1. The van der Waals surface area contributed by atoms with Crippen LogP contribution in [0.4, 0.5) is 10.5 Å². The van der Waals surface area contributed by atoms with Crippen LogP contribution >= 0.6 is 11.6 Å². The number of halogens is 1. The van der Waals surface area contributed by atoms with Gasteiger partial charge in [-0.25, -0.2) is 9.78 Å². The Morgan fingerprint density at radius 1 is 1.05 bits per heavy atom. The first-order valence-corrected chi connectivity index (χ1v) is 13.3. The monoisotopic (exact) mass is 521 g/mol. The van der Waals surface area contributed by atoms with Crippen molar-refractivity contribution in [2.75, 3.05) is 44.2 Å². The highest BCUT2D eigenvalue weighted by molar-refractivity contribution is 6.35. The quantitative estimate of drug-likeness (QED) is 0.521. The number of nitrogens with zero attached hydrogens (tertiary/aromatic N) is 4. The number of rotatable bonds is 5. The van der Waals surface area contributed by atoms with Crippen LogP contribution in [0.5, 0.6) is 0 Å². The molecule has 194 valence electrons. The van der Waals surface area contributed by atoms with Gasteiger partial charge in [0.2, 0.25) is 0 Å². The lowest BCUT2D eigenvalue weighted by Crippen LogP contribution is -2.60. The van der Waals surface area contributed by atoms with Crippen LogP contribution in [0.25, 0.3) is 22.2 Å². The van der Waals surface area contributed by atoms with E-state index in [0.717, 1.165) is 36.2 Å². The molecule has 2 fully saturated rings. The number of ether oxygens (including phenoxy) is 1. The lowest BCUT2D eigenvalue weighted by Gasteiger charge is -2.38. The second-order valence-electron chi connectivity index (χ2n) is 9.59. The Bertz CT molecular complexity index is 1290. The van der Waals surface area contributed by atoms with E-state index in [1.165, 1.54) is 23.4 Å². The normalized spacial score (nSPS) is 17.9. The number of carbonyl (C=O) groups excluding carboxylic acids is 2. The molecule has 5 rings (SSSR count). The third kappa shape index (κ3) is 5.36. The summed E-state index contributed by atoms with van der Waals surface area (Å²) in [4.78, 5) is 35.9. The fourth-order valence-corrected chi connectivity index (χ4v) is 5.22. The van der Waals surface area contributed by atoms with Gasteiger partial charge in [0.15, 0.2) is 0 Å². The van der Waals surface area contributed by atoms with E-state index in [9.17, 15) is 9.59 Å². The number of benzene rings is 2. The maximum absolute atomic E-state index is 13.3. The minimum atomic E-state index is -0.620. The minimum Gasteiger partial charge on any atom is -0.449 e. The molecule has 0 radical (unpaired) electrons. The molecular weight excluding hydrogens is 490 g/mol. The summed E-state index contributed by atoms with van der Waals surface area (Å²) in [6, 6.07) is 15.6. The first-order chi connectivity index (χ1) is 17.9. The Hall–Kier alpha value is -3.36. The van der Waals surface area contributed by atoms with Gasteiger partial charge >= 0.3 is 6.09 Å². The molecule has 1 atom stereocenters. The average molecular weight is 522 g/mol. The largest absolute Gasteiger partial charge is 0.449 e. The van der Waals surface area contributed by atoms with Crippen LogP contribution in [0.15, 0.2) is 48.5 Å². The third-order valence-corrected chi connectivity index (χ3v) is 7.32. The van der Waals surface area contributed by atoms with Crippen LogP contribution in [0.2, 0.25) is 5.02 Å². The molecule has 0 saturated carbocycles. The highest BCUT2D eigenvalue weighted by Crippen LogP contribution is 2.31. The van der Waals surface area contributed by atoms with Crippen molar-refractivity contribution in [3.05, 3.63) is 59.1 Å². The van der Waals surface area contributed by atoms with Crippen molar-refractivity contribution in [3.8, 4) is 11.3 Å². The van der Waals surface area contributed by atoms with Crippen LogP contribution in [0, 0.1) is 0 Å². The summed E-state index contributed by atoms with van der Waals surface area (Å²) in [6.07, 6.45) is 2.15. The van der Waals surface area contributed by atoms with Crippen molar-refractivity contribution in [1.82, 2.24) is 14.8 Å². The van der Waals surface area contributed by atoms with Crippen LogP contribution in [-0.2, 0) is 4.74 Å². The van der Waals surface area contributed by atoms with Gasteiger partial charge in [-0.05, 0) is 49.6 Å². The lowest BCUT2D eigenvalue weighted by molar-refractivity contribution is 0.0390. The van der Waals surface area contributed by atoms with E-state index in [2.05, 4.69) is 29.2 Å². The molecule has 1 aromatic heterocycles. The maximum Gasteiger partial charge on any atom is 0.411 e. The molecule has 2 saturated heterocycles. The second kappa shape index (κ2) is 10.9. The topological polar surface area (TPSA) is 92.0 Å². The summed E-state index contributed by atoms with van der Waals surface area (Å²) in [6.45, 7) is 5.41. The van der Waals surface area contributed by atoms with Crippen molar-refractivity contribution in [2.24, 2.45) is 5.73 Å². The highest BCUT2D eigenvalue weighted by atomic mass is 35.5. The summed E-state index contributed by atoms with van der Waals surface area (Å²) < 4.78 is 5.20. The third-order valence-electron chi connectivity index (χ3n) is 7.01. The number of pyridine rings is 1. The molecule has 2 amide bonds. The molecule has 3 heterocycles. The first kappa shape index (κ1) is 25.3. The summed E-state index contributed by atoms with van der Waals surface area (Å²) in [7, 11) is 0. The van der Waals surface area contributed by atoms with Crippen LogP contribution in [0.1, 0.15) is 36.5 Å². The Kier molecular flexibility index (Phi) is 7.48. The number of amides is 2. The zero-order valence-electron chi connectivity index (χ0n) is 21.0. The molecule has 2 aliphatic rings. The molecule has 2 aliphatic heterocycles. The number of hydrogen-bond donors (Lipinski definition) is 1. The fourth-order valence-electron chi connectivity index (χ4n) is 4.96. The summed E-state index contributed by atoms with van der Waals surface area (Å²) >= 11 is 6.62. The van der Waals surface area contributed by atoms with Crippen LogP contribution in [-0.4, -0.2) is 72.3 Å². The van der Waals surface area contributed by atoms with Gasteiger partial charge in [-0.2, -0.15) is 0 Å². The highest BCUT2D eigenvalue weighted by Gasteiger charge is 2.31. The molecule has 9 heteroatoms. The van der Waals surface area contributed by atoms with Gasteiger partial charge in [0.25, 0.3) is 5.91 Å². The summed E-state index contributed by atoms with van der Waals surface area (Å²) in [5.41, 5.74) is 10.3. The second-order valence-corrected chi connectivity index (χ2v) is 10.00. The maximum atomic E-state index is 13.3. The van der Waals surface area contributed by atoms with Crippen molar-refractivity contribution >= 4 is 40.2 Å². The molecule has 0 aliphatic carbocycles. The molecule has 0 unspecified atom stereocenters. The van der Waals surface area contributed by atoms with E-state index < -0.39 is 12.3 Å². The number of aromatic nitrogens is 1. The number of fused-ring (bicyclic) bond motifs is 1. The van der Waals surface area contributed by atoms with Crippen molar-refractivity contribution in [3.63, 3.8) is 0 Å². The van der Waals surface area contributed by atoms with E-state index in [4.69, 9.17) is 27.1 Å². The molecule has 37 heavy (non-hydrogen) atoms. The lowest BCUT2D eigenvalue weighted by atomic mass is 10.1. The Morgan fingerprint density at radius 3 is 2.51 bits per heavy atom. The van der Waals surface area contributed by atoms with Gasteiger partial charge in [-0.1, -0.05) is 36.7 Å². The van der Waals surface area contributed by atoms with E-state index >= 15 is 0 Å². The van der Waals surface area contributed by atoms with Crippen molar-refractivity contribution in [2.45, 2.75) is 32.4 Å². The molecule has 3 aromatic rings. The van der Waals surface area contributed by atoms with Gasteiger partial charge in [-0.15, -0.1) is 0 Å². The number of carbonyl (C=O) groups is 2. The van der Waals surface area contributed by atoms with E-state index in [1.807, 2.05) is 19.1 Å². The van der Waals surface area contributed by atoms with Crippen molar-refractivity contribution < 1.29 is 14.3 Å². The predicted octanol–water partition coefficient (Wildman–Crippen LogP) is 4.74. The Balaban J connectivity index is 1.34. The number of nitrogens with two attached hydrogens (primary N) is 1. The Labute approximate surface area is 221 Å². The predicted molar refractivity (Wildman–Crippen MR) is 146 cm³/mol.